The molecule has 0 spiro atoms. The molecular weight excluding hydrogens is 228 g/mol. The molecule has 3 nitrogen and oxygen atoms in total. The Morgan fingerprint density at radius 1 is 1.33 bits per heavy atom. The minimum Gasteiger partial charge on any atom is -0.496 e. The summed E-state index contributed by atoms with van der Waals surface area (Å²) in [5.74, 6) is 6.73. The van der Waals surface area contributed by atoms with Crippen LogP contribution in [0, 0.1) is 11.8 Å². The third kappa shape index (κ3) is 4.79. The average molecular weight is 248 g/mol. The second kappa shape index (κ2) is 8.57. The summed E-state index contributed by atoms with van der Waals surface area (Å²) in [6, 6.07) is 5.78. The third-order valence-electron chi connectivity index (χ3n) is 2.36. The lowest BCUT2D eigenvalue weighted by molar-refractivity contribution is 0.119. The van der Waals surface area contributed by atoms with Crippen LogP contribution in [-0.2, 0) is 11.3 Å². The molecule has 0 bridgehead atoms. The minimum atomic E-state index is 0.0929. The van der Waals surface area contributed by atoms with E-state index in [1.165, 1.54) is 0 Å². The number of hydrogen-bond donors (Lipinski definition) is 1. The molecule has 18 heavy (non-hydrogen) atoms. The van der Waals surface area contributed by atoms with Crippen molar-refractivity contribution in [1.82, 2.24) is 0 Å². The maximum atomic E-state index is 8.68. The molecule has 1 rings (SSSR count). The smallest absolute Gasteiger partial charge is 0.124 e. The molecule has 1 aromatic carbocycles. The first-order chi connectivity index (χ1) is 8.81. The highest BCUT2D eigenvalue weighted by Gasteiger charge is 2.03. The Labute approximate surface area is 109 Å². The van der Waals surface area contributed by atoms with Gasteiger partial charge >= 0.3 is 0 Å². The number of methoxy groups -OCH3 is 1. The fraction of sp³-hybridized carbons (Fsp3) is 0.467. The Kier molecular flexibility index (Phi) is 6.93. The number of rotatable bonds is 6. The second-order valence-electron chi connectivity index (χ2n) is 3.85. The Morgan fingerprint density at radius 2 is 2.17 bits per heavy atom. The summed E-state index contributed by atoms with van der Waals surface area (Å²) in [6.45, 7) is 3.44. The molecule has 0 aliphatic carbocycles. The molecule has 0 heterocycles. The van der Waals surface area contributed by atoms with Gasteiger partial charge in [-0.15, -0.1) is 0 Å². The zero-order valence-electron chi connectivity index (χ0n) is 11.0. The predicted octanol–water partition coefficient (Wildman–Crippen LogP) is 2.36. The van der Waals surface area contributed by atoms with Crippen LogP contribution in [0.2, 0.25) is 0 Å². The van der Waals surface area contributed by atoms with Crippen molar-refractivity contribution in [2.45, 2.75) is 26.4 Å². The summed E-state index contributed by atoms with van der Waals surface area (Å²) < 4.78 is 10.8. The predicted molar refractivity (Wildman–Crippen MR) is 71.5 cm³/mol. The van der Waals surface area contributed by atoms with E-state index in [2.05, 4.69) is 18.8 Å². The van der Waals surface area contributed by atoms with E-state index < -0.39 is 0 Å². The highest BCUT2D eigenvalue weighted by atomic mass is 16.5. The molecular formula is C15H20O3. The maximum absolute atomic E-state index is 8.68. The summed E-state index contributed by atoms with van der Waals surface area (Å²) in [5.41, 5.74) is 1.92. The molecule has 0 radical (unpaired) electrons. The van der Waals surface area contributed by atoms with Gasteiger partial charge in [0.1, 0.15) is 5.75 Å². The van der Waals surface area contributed by atoms with Gasteiger partial charge in [-0.3, -0.25) is 0 Å². The molecule has 0 atom stereocenters. The van der Waals surface area contributed by atoms with Crippen molar-refractivity contribution in [2.24, 2.45) is 0 Å². The maximum Gasteiger partial charge on any atom is 0.124 e. The van der Waals surface area contributed by atoms with Crippen molar-refractivity contribution in [1.29, 1.82) is 0 Å². The normalized spacial score (nSPS) is 9.72. The van der Waals surface area contributed by atoms with E-state index in [1.807, 2.05) is 18.2 Å². The van der Waals surface area contributed by atoms with Crippen molar-refractivity contribution in [3.63, 3.8) is 0 Å². The van der Waals surface area contributed by atoms with Gasteiger partial charge in [-0.2, -0.15) is 0 Å². The van der Waals surface area contributed by atoms with Gasteiger partial charge in [-0.05, 0) is 24.6 Å². The average Bonchev–Trinajstić information content (AvgIpc) is 2.40. The van der Waals surface area contributed by atoms with Gasteiger partial charge in [-0.25, -0.2) is 0 Å². The van der Waals surface area contributed by atoms with E-state index in [9.17, 15) is 0 Å². The minimum absolute atomic E-state index is 0.0929. The summed E-state index contributed by atoms with van der Waals surface area (Å²) in [6.07, 6.45) is 1.49. The van der Waals surface area contributed by atoms with Crippen molar-refractivity contribution < 1.29 is 14.6 Å². The topological polar surface area (TPSA) is 38.7 Å². The fourth-order valence-electron chi connectivity index (χ4n) is 1.52. The van der Waals surface area contributed by atoms with Gasteiger partial charge in [0.25, 0.3) is 0 Å². The first-order valence-corrected chi connectivity index (χ1v) is 6.16. The summed E-state index contributed by atoms with van der Waals surface area (Å²) in [7, 11) is 1.65. The fourth-order valence-corrected chi connectivity index (χ4v) is 1.52. The standard InChI is InChI=1S/C15H20O3/c1-3-10-18-12-14-11-13(6-4-5-9-16)7-8-15(14)17-2/h7-8,11,16H,3,5,9-10,12H2,1-2H3. The van der Waals surface area contributed by atoms with Crippen LogP contribution in [0.1, 0.15) is 30.9 Å². The van der Waals surface area contributed by atoms with Crippen molar-refractivity contribution in [3.05, 3.63) is 29.3 Å². The molecule has 0 unspecified atom stereocenters. The lowest BCUT2D eigenvalue weighted by atomic mass is 10.1. The SMILES string of the molecule is CCCOCc1cc(C#CCCO)ccc1OC. The summed E-state index contributed by atoms with van der Waals surface area (Å²) >= 11 is 0. The molecule has 0 aliphatic rings. The summed E-state index contributed by atoms with van der Waals surface area (Å²) in [4.78, 5) is 0. The van der Waals surface area contributed by atoms with Gasteiger partial charge in [-0.1, -0.05) is 18.8 Å². The number of ether oxygens (including phenoxy) is 2. The van der Waals surface area contributed by atoms with Crippen LogP contribution in [0.15, 0.2) is 18.2 Å². The summed E-state index contributed by atoms with van der Waals surface area (Å²) in [5, 5.41) is 8.68. The van der Waals surface area contributed by atoms with E-state index in [4.69, 9.17) is 14.6 Å². The molecule has 3 heteroatoms. The molecule has 0 saturated heterocycles. The first-order valence-electron chi connectivity index (χ1n) is 6.16. The number of hydrogen-bond acceptors (Lipinski definition) is 3. The highest BCUT2D eigenvalue weighted by Crippen LogP contribution is 2.20. The molecule has 98 valence electrons. The van der Waals surface area contributed by atoms with Gasteiger partial charge in [0.2, 0.25) is 0 Å². The van der Waals surface area contributed by atoms with Gasteiger partial charge in [0.15, 0.2) is 0 Å². The molecule has 0 amide bonds. The molecule has 1 N–H and O–H groups in total. The van der Waals surface area contributed by atoms with Crippen LogP contribution in [-0.4, -0.2) is 25.4 Å². The van der Waals surface area contributed by atoms with Gasteiger partial charge in [0.05, 0.1) is 20.3 Å². The quantitative estimate of drug-likeness (QED) is 0.620. The lowest BCUT2D eigenvalue weighted by Gasteiger charge is -2.09. The first kappa shape index (κ1) is 14.6. The Morgan fingerprint density at radius 3 is 2.83 bits per heavy atom. The highest BCUT2D eigenvalue weighted by molar-refractivity contribution is 5.43. The monoisotopic (exact) mass is 248 g/mol. The van der Waals surface area contributed by atoms with Crippen LogP contribution < -0.4 is 4.74 Å². The van der Waals surface area contributed by atoms with Crippen LogP contribution in [0.5, 0.6) is 5.75 Å². The third-order valence-corrected chi connectivity index (χ3v) is 2.36. The van der Waals surface area contributed by atoms with Crippen molar-refractivity contribution in [2.75, 3.05) is 20.3 Å². The number of benzene rings is 1. The van der Waals surface area contributed by atoms with Crippen molar-refractivity contribution in [3.8, 4) is 17.6 Å². The number of aliphatic hydroxyl groups excluding tert-OH is 1. The van der Waals surface area contributed by atoms with E-state index in [-0.39, 0.29) is 6.61 Å². The van der Waals surface area contributed by atoms with Crippen LogP contribution in [0.25, 0.3) is 0 Å². The zero-order valence-corrected chi connectivity index (χ0v) is 11.0. The van der Waals surface area contributed by atoms with E-state index in [0.717, 1.165) is 29.9 Å². The molecule has 0 saturated carbocycles. The van der Waals surface area contributed by atoms with E-state index in [0.29, 0.717) is 13.0 Å². The largest absolute Gasteiger partial charge is 0.496 e. The van der Waals surface area contributed by atoms with Crippen LogP contribution >= 0.6 is 0 Å². The van der Waals surface area contributed by atoms with Gasteiger partial charge in [0, 0.05) is 24.2 Å². The Bertz CT molecular complexity index is 415. The molecule has 0 fully saturated rings. The van der Waals surface area contributed by atoms with Crippen LogP contribution in [0.3, 0.4) is 0 Å². The van der Waals surface area contributed by atoms with Crippen LogP contribution in [0.4, 0.5) is 0 Å². The van der Waals surface area contributed by atoms with E-state index >= 15 is 0 Å². The zero-order chi connectivity index (χ0) is 13.2. The van der Waals surface area contributed by atoms with E-state index in [1.54, 1.807) is 7.11 Å². The second-order valence-corrected chi connectivity index (χ2v) is 3.85. The molecule has 1 aromatic rings. The Hall–Kier alpha value is -1.50. The lowest BCUT2D eigenvalue weighted by Crippen LogP contribution is -1.98. The molecule has 0 aromatic heterocycles. The van der Waals surface area contributed by atoms with Crippen molar-refractivity contribution >= 4 is 0 Å². The number of aliphatic hydroxyl groups is 1. The molecule has 0 aliphatic heterocycles. The van der Waals surface area contributed by atoms with Gasteiger partial charge < -0.3 is 14.6 Å². The Balaban J connectivity index is 2.78.